The first kappa shape index (κ1) is 12.1. The molecular formula is C14H20O. The molecule has 1 aliphatic rings. The second kappa shape index (κ2) is 5.78. The van der Waals surface area contributed by atoms with Crippen LogP contribution in [-0.4, -0.2) is 10.7 Å². The van der Waals surface area contributed by atoms with Crippen molar-refractivity contribution >= 4 is 0 Å². The minimum atomic E-state index is -0.749. The average molecular weight is 204 g/mol. The van der Waals surface area contributed by atoms with Crippen LogP contribution >= 0.6 is 0 Å². The van der Waals surface area contributed by atoms with Gasteiger partial charge in [-0.1, -0.05) is 43.9 Å². The van der Waals surface area contributed by atoms with Crippen molar-refractivity contribution < 1.29 is 5.11 Å². The largest absolute Gasteiger partial charge is 0.378 e. The van der Waals surface area contributed by atoms with E-state index < -0.39 is 5.60 Å². The van der Waals surface area contributed by atoms with Crippen molar-refractivity contribution in [3.05, 3.63) is 24.3 Å². The highest BCUT2D eigenvalue weighted by molar-refractivity contribution is 5.37. The normalized spacial score (nSPS) is 19.6. The summed E-state index contributed by atoms with van der Waals surface area (Å²) >= 11 is 0. The molecule has 0 amide bonds. The van der Waals surface area contributed by atoms with Crippen LogP contribution in [0.1, 0.15) is 45.4 Å². The summed E-state index contributed by atoms with van der Waals surface area (Å²) in [7, 11) is 0. The first-order chi connectivity index (χ1) is 7.16. The lowest BCUT2D eigenvalue weighted by atomic mass is 9.85. The Bertz CT molecular complexity index is 295. The van der Waals surface area contributed by atoms with Crippen LogP contribution in [0.25, 0.3) is 0 Å². The first-order valence-corrected chi connectivity index (χ1v) is 5.77. The van der Waals surface area contributed by atoms with Crippen molar-refractivity contribution in [1.29, 1.82) is 0 Å². The number of allylic oxidation sites excluding steroid dienone is 3. The molecule has 0 aromatic rings. The van der Waals surface area contributed by atoms with Gasteiger partial charge in [0.2, 0.25) is 0 Å². The zero-order valence-corrected chi connectivity index (χ0v) is 9.55. The molecule has 1 aliphatic carbocycles. The topological polar surface area (TPSA) is 20.2 Å². The predicted octanol–water partition coefficient (Wildman–Crippen LogP) is 3.21. The standard InChI is InChI=1S/C14H20O/c1-3-4-8-13(2)9-12-14(15)10-6-5-7-11-14/h4,8,15H,2-3,5-7,10-11H2,1H3/b8-4-. The van der Waals surface area contributed by atoms with E-state index in [1.54, 1.807) is 0 Å². The minimum absolute atomic E-state index is 0.749. The number of aliphatic hydroxyl groups is 1. The molecule has 0 atom stereocenters. The SMILES string of the molecule is C=C(C#CC1(O)CCCCC1)/C=C\CC. The lowest BCUT2D eigenvalue weighted by molar-refractivity contribution is 0.0610. The fraction of sp³-hybridized carbons (Fsp3) is 0.571. The summed E-state index contributed by atoms with van der Waals surface area (Å²) < 4.78 is 0. The Morgan fingerprint density at radius 2 is 2.07 bits per heavy atom. The van der Waals surface area contributed by atoms with E-state index in [4.69, 9.17) is 0 Å². The highest BCUT2D eigenvalue weighted by Gasteiger charge is 2.26. The molecule has 1 heteroatoms. The molecule has 1 N–H and O–H groups in total. The summed E-state index contributed by atoms with van der Waals surface area (Å²) in [5.74, 6) is 5.91. The van der Waals surface area contributed by atoms with Gasteiger partial charge in [0.05, 0.1) is 0 Å². The second-order valence-electron chi connectivity index (χ2n) is 4.18. The van der Waals surface area contributed by atoms with E-state index in [1.165, 1.54) is 6.42 Å². The van der Waals surface area contributed by atoms with Crippen molar-refractivity contribution in [2.45, 2.75) is 51.0 Å². The van der Waals surface area contributed by atoms with E-state index >= 15 is 0 Å². The Balaban J connectivity index is 2.55. The maximum atomic E-state index is 10.1. The van der Waals surface area contributed by atoms with Crippen LogP contribution in [0.5, 0.6) is 0 Å². The molecular weight excluding hydrogens is 184 g/mol. The Hall–Kier alpha value is -1.00. The van der Waals surface area contributed by atoms with Crippen molar-refractivity contribution in [1.82, 2.24) is 0 Å². The Labute approximate surface area is 92.9 Å². The molecule has 0 aliphatic heterocycles. The molecule has 0 unspecified atom stereocenters. The van der Waals surface area contributed by atoms with Crippen molar-refractivity contribution in [2.75, 3.05) is 0 Å². The van der Waals surface area contributed by atoms with Crippen LogP contribution in [0.2, 0.25) is 0 Å². The molecule has 0 saturated heterocycles. The van der Waals surface area contributed by atoms with E-state index in [1.807, 2.05) is 12.2 Å². The summed E-state index contributed by atoms with van der Waals surface area (Å²) in [5, 5.41) is 10.1. The average Bonchev–Trinajstić information content (AvgIpc) is 2.25. The summed E-state index contributed by atoms with van der Waals surface area (Å²) in [6.45, 7) is 5.91. The quantitative estimate of drug-likeness (QED) is 0.541. The van der Waals surface area contributed by atoms with Crippen LogP contribution in [0, 0.1) is 11.8 Å². The van der Waals surface area contributed by atoms with E-state index in [0.29, 0.717) is 0 Å². The monoisotopic (exact) mass is 204 g/mol. The van der Waals surface area contributed by atoms with Crippen LogP contribution in [0.3, 0.4) is 0 Å². The Morgan fingerprint density at radius 3 is 2.67 bits per heavy atom. The third kappa shape index (κ3) is 4.36. The van der Waals surface area contributed by atoms with Crippen LogP contribution < -0.4 is 0 Å². The molecule has 1 nitrogen and oxygen atoms in total. The van der Waals surface area contributed by atoms with E-state index in [0.717, 1.165) is 37.7 Å². The third-order valence-electron chi connectivity index (χ3n) is 2.69. The number of hydrogen-bond donors (Lipinski definition) is 1. The Morgan fingerprint density at radius 1 is 1.40 bits per heavy atom. The highest BCUT2D eigenvalue weighted by Crippen LogP contribution is 2.27. The van der Waals surface area contributed by atoms with Crippen LogP contribution in [0.4, 0.5) is 0 Å². The molecule has 0 aromatic heterocycles. The van der Waals surface area contributed by atoms with E-state index in [9.17, 15) is 5.11 Å². The van der Waals surface area contributed by atoms with Crippen molar-refractivity contribution in [3.8, 4) is 11.8 Å². The molecule has 0 spiro atoms. The number of hydrogen-bond acceptors (Lipinski definition) is 1. The van der Waals surface area contributed by atoms with Gasteiger partial charge < -0.3 is 5.11 Å². The second-order valence-corrected chi connectivity index (χ2v) is 4.18. The van der Waals surface area contributed by atoms with E-state index in [2.05, 4.69) is 25.3 Å². The molecule has 1 fully saturated rings. The van der Waals surface area contributed by atoms with E-state index in [-0.39, 0.29) is 0 Å². The molecule has 82 valence electrons. The summed E-state index contributed by atoms with van der Waals surface area (Å²) in [6.07, 6.45) is 9.95. The lowest BCUT2D eigenvalue weighted by Crippen LogP contribution is -2.29. The highest BCUT2D eigenvalue weighted by atomic mass is 16.3. The first-order valence-electron chi connectivity index (χ1n) is 5.77. The molecule has 0 aromatic carbocycles. The Kier molecular flexibility index (Phi) is 4.65. The van der Waals surface area contributed by atoms with Gasteiger partial charge in [0.15, 0.2) is 0 Å². The van der Waals surface area contributed by atoms with Crippen molar-refractivity contribution in [2.24, 2.45) is 0 Å². The van der Waals surface area contributed by atoms with Gasteiger partial charge in [-0.25, -0.2) is 0 Å². The van der Waals surface area contributed by atoms with Gasteiger partial charge in [-0.3, -0.25) is 0 Å². The zero-order chi connectivity index (χ0) is 11.1. The fourth-order valence-corrected chi connectivity index (χ4v) is 1.76. The van der Waals surface area contributed by atoms with Crippen molar-refractivity contribution in [3.63, 3.8) is 0 Å². The summed E-state index contributed by atoms with van der Waals surface area (Å²) in [6, 6.07) is 0. The van der Waals surface area contributed by atoms with Gasteiger partial charge in [-0.05, 0) is 32.1 Å². The smallest absolute Gasteiger partial charge is 0.125 e. The minimum Gasteiger partial charge on any atom is -0.378 e. The van der Waals surface area contributed by atoms with Gasteiger partial charge in [0.1, 0.15) is 5.60 Å². The molecule has 0 radical (unpaired) electrons. The van der Waals surface area contributed by atoms with Gasteiger partial charge in [-0.2, -0.15) is 0 Å². The van der Waals surface area contributed by atoms with Gasteiger partial charge in [-0.15, -0.1) is 0 Å². The summed E-state index contributed by atoms with van der Waals surface area (Å²) in [4.78, 5) is 0. The van der Waals surface area contributed by atoms with Crippen LogP contribution in [-0.2, 0) is 0 Å². The molecule has 15 heavy (non-hydrogen) atoms. The maximum Gasteiger partial charge on any atom is 0.125 e. The van der Waals surface area contributed by atoms with Gasteiger partial charge in [0.25, 0.3) is 0 Å². The third-order valence-corrected chi connectivity index (χ3v) is 2.69. The fourth-order valence-electron chi connectivity index (χ4n) is 1.76. The molecule has 0 heterocycles. The predicted molar refractivity (Wildman–Crippen MR) is 64.4 cm³/mol. The lowest BCUT2D eigenvalue weighted by Gasteiger charge is -2.26. The summed E-state index contributed by atoms with van der Waals surface area (Å²) in [5.41, 5.74) is 0.0391. The molecule has 1 rings (SSSR count). The number of rotatable bonds is 2. The zero-order valence-electron chi connectivity index (χ0n) is 9.55. The van der Waals surface area contributed by atoms with Crippen LogP contribution in [0.15, 0.2) is 24.3 Å². The molecule has 1 saturated carbocycles. The van der Waals surface area contributed by atoms with Gasteiger partial charge in [0, 0.05) is 5.57 Å². The molecule has 0 bridgehead atoms. The van der Waals surface area contributed by atoms with Gasteiger partial charge >= 0.3 is 0 Å². The maximum absolute atomic E-state index is 10.1.